The van der Waals surface area contributed by atoms with Crippen molar-refractivity contribution in [3.8, 4) is 0 Å². The summed E-state index contributed by atoms with van der Waals surface area (Å²) in [6, 6.07) is 12.1. The highest BCUT2D eigenvalue weighted by atomic mass is 35.5. The molecule has 1 N–H and O–H groups in total. The average molecular weight is 600 g/mol. The van der Waals surface area contributed by atoms with Crippen molar-refractivity contribution >= 4 is 75.4 Å². The molecule has 0 radical (unpaired) electrons. The first-order chi connectivity index (χ1) is 18.3. The number of nitrogens with zero attached hydrogens (tertiary/aromatic N) is 3. The Morgan fingerprint density at radius 3 is 2.16 bits per heavy atom. The van der Waals surface area contributed by atoms with Crippen molar-refractivity contribution < 1.29 is 9.59 Å². The predicted molar refractivity (Wildman–Crippen MR) is 160 cm³/mol. The Kier molecular flexibility index (Phi) is 12.5. The summed E-state index contributed by atoms with van der Waals surface area (Å²) in [4.78, 5) is 26.0. The number of hydrazone groups is 1. The smallest absolute Gasteiger partial charge is 0.256 e. The fourth-order valence-corrected chi connectivity index (χ4v) is 5.43. The van der Waals surface area contributed by atoms with Crippen LogP contribution in [0.1, 0.15) is 77.6 Å². The number of anilines is 2. The van der Waals surface area contributed by atoms with Crippen LogP contribution in [0.2, 0.25) is 15.1 Å². The fraction of sp³-hybridized carbons (Fsp3) is 0.464. The van der Waals surface area contributed by atoms with Crippen LogP contribution in [0.4, 0.5) is 11.4 Å². The molecule has 0 saturated heterocycles. The molecule has 6 nitrogen and oxygen atoms in total. The lowest BCUT2D eigenvalue weighted by Gasteiger charge is -2.25. The van der Waals surface area contributed by atoms with E-state index in [1.54, 1.807) is 0 Å². The maximum Gasteiger partial charge on any atom is 0.256 e. The molecule has 2 aromatic carbocycles. The lowest BCUT2D eigenvalue weighted by molar-refractivity contribution is -0.121. The second kappa shape index (κ2) is 15.6. The van der Waals surface area contributed by atoms with Gasteiger partial charge in [0, 0.05) is 5.02 Å². The number of hydrogen-bond acceptors (Lipinski definition) is 4. The third-order valence-electron chi connectivity index (χ3n) is 6.29. The lowest BCUT2D eigenvalue weighted by atomic mass is 10.1. The molecule has 1 atom stereocenters. The molecule has 38 heavy (non-hydrogen) atoms. The highest BCUT2D eigenvalue weighted by molar-refractivity contribution is 6.42. The highest BCUT2D eigenvalue weighted by Gasteiger charge is 2.33. The van der Waals surface area contributed by atoms with Gasteiger partial charge < -0.3 is 0 Å². The molecule has 2 aromatic rings. The summed E-state index contributed by atoms with van der Waals surface area (Å²) in [5, 5.41) is 7.11. The molecule has 1 aliphatic heterocycles. The minimum absolute atomic E-state index is 0.0737. The van der Waals surface area contributed by atoms with E-state index < -0.39 is 5.38 Å². The molecular formula is C28H34Cl4N4O2. The maximum absolute atomic E-state index is 13.0. The van der Waals surface area contributed by atoms with E-state index >= 15 is 0 Å². The molecule has 1 unspecified atom stereocenters. The molecule has 0 aliphatic carbocycles. The first-order valence-corrected chi connectivity index (χ1v) is 14.7. The monoisotopic (exact) mass is 598 g/mol. The van der Waals surface area contributed by atoms with Gasteiger partial charge in [-0.05, 0) is 30.7 Å². The van der Waals surface area contributed by atoms with E-state index in [1.807, 2.05) is 30.3 Å². The molecule has 0 spiro atoms. The van der Waals surface area contributed by atoms with Gasteiger partial charge in [0.25, 0.3) is 11.8 Å². The number of hydrogen-bond donors (Lipinski definition) is 1. The number of benzene rings is 2. The second-order valence-corrected chi connectivity index (χ2v) is 11.1. The molecule has 0 bridgehead atoms. The minimum Gasteiger partial charge on any atom is -0.272 e. The third kappa shape index (κ3) is 8.77. The second-order valence-electron chi connectivity index (χ2n) is 9.35. The molecule has 1 aliphatic rings. The van der Waals surface area contributed by atoms with Crippen LogP contribution in [0.25, 0.3) is 0 Å². The van der Waals surface area contributed by atoms with E-state index in [0.29, 0.717) is 23.0 Å². The molecular weight excluding hydrogens is 566 g/mol. The van der Waals surface area contributed by atoms with Gasteiger partial charge in [-0.25, -0.2) is 5.01 Å². The number of unbranched alkanes of at least 4 members (excludes halogenated alkanes) is 8. The number of carbonyl (C=O) groups is 2. The third-order valence-corrected chi connectivity index (χ3v) is 7.51. The molecule has 10 heteroatoms. The van der Waals surface area contributed by atoms with Gasteiger partial charge >= 0.3 is 0 Å². The molecule has 3 rings (SSSR count). The van der Waals surface area contributed by atoms with Gasteiger partial charge in [0.05, 0.1) is 22.2 Å². The van der Waals surface area contributed by atoms with Crippen molar-refractivity contribution in [1.82, 2.24) is 5.43 Å². The zero-order valence-electron chi connectivity index (χ0n) is 21.6. The van der Waals surface area contributed by atoms with Crippen LogP contribution in [0.15, 0.2) is 47.6 Å². The zero-order valence-corrected chi connectivity index (χ0v) is 24.6. The number of rotatable bonds is 13. The standard InChI is InChI=1S/C28H34Cl4N4O2/c1-2-3-4-5-6-7-8-9-13-16-22(30)28(38)34-35(21-14-11-10-12-15-21)25-19-26(37)36(33-25)27-23(31)17-20(29)18-24(27)32/h10-12,14-15,17-18,22H,2-9,13,16,19H2,1H3,(H,34,38). The normalized spacial score (nSPS) is 14.0. The maximum atomic E-state index is 13.0. The number of nitrogens with one attached hydrogen (secondary N) is 1. The number of hydrazine groups is 1. The van der Waals surface area contributed by atoms with Gasteiger partial charge in [-0.3, -0.25) is 15.0 Å². The van der Waals surface area contributed by atoms with E-state index in [0.717, 1.165) is 24.3 Å². The van der Waals surface area contributed by atoms with Crippen LogP contribution in [0, 0.1) is 0 Å². The molecule has 0 aromatic heterocycles. The van der Waals surface area contributed by atoms with Crippen LogP contribution in [0.5, 0.6) is 0 Å². The molecule has 2 amide bonds. The summed E-state index contributed by atoms with van der Waals surface area (Å²) in [6.45, 7) is 2.22. The van der Waals surface area contributed by atoms with Crippen LogP contribution >= 0.6 is 46.4 Å². The molecule has 1 heterocycles. The van der Waals surface area contributed by atoms with Crippen molar-refractivity contribution in [3.63, 3.8) is 0 Å². The van der Waals surface area contributed by atoms with Gasteiger partial charge in [-0.15, -0.1) is 16.7 Å². The number of para-hydroxylation sites is 1. The molecule has 206 valence electrons. The summed E-state index contributed by atoms with van der Waals surface area (Å²) >= 11 is 25.1. The summed E-state index contributed by atoms with van der Waals surface area (Å²) < 4.78 is 0. The first kappa shape index (κ1) is 30.6. The van der Waals surface area contributed by atoms with Gasteiger partial charge in [0.2, 0.25) is 0 Å². The van der Waals surface area contributed by atoms with E-state index in [1.165, 1.54) is 55.7 Å². The predicted octanol–water partition coefficient (Wildman–Crippen LogP) is 8.76. The van der Waals surface area contributed by atoms with Crippen molar-refractivity contribution in [3.05, 3.63) is 57.5 Å². The summed E-state index contributed by atoms with van der Waals surface area (Å²) in [5.74, 6) is -0.395. The van der Waals surface area contributed by atoms with Crippen molar-refractivity contribution in [2.75, 3.05) is 10.0 Å². The van der Waals surface area contributed by atoms with Crippen molar-refractivity contribution in [2.24, 2.45) is 5.10 Å². The van der Waals surface area contributed by atoms with E-state index in [-0.39, 0.29) is 34.0 Å². The van der Waals surface area contributed by atoms with Crippen molar-refractivity contribution in [1.29, 1.82) is 0 Å². The molecule has 0 saturated carbocycles. The highest BCUT2D eigenvalue weighted by Crippen LogP contribution is 2.38. The Morgan fingerprint density at radius 1 is 0.974 bits per heavy atom. The molecule has 0 fully saturated rings. The van der Waals surface area contributed by atoms with Gasteiger partial charge in [-0.2, -0.15) is 5.01 Å². The van der Waals surface area contributed by atoms with E-state index in [9.17, 15) is 9.59 Å². The lowest BCUT2D eigenvalue weighted by Crippen LogP contribution is -2.49. The summed E-state index contributed by atoms with van der Waals surface area (Å²) in [6.07, 6.45) is 11.2. The Hall–Kier alpha value is -1.99. The number of halogens is 4. The number of alkyl halides is 1. The van der Waals surface area contributed by atoms with Gasteiger partial charge in [0.15, 0.2) is 5.84 Å². The van der Waals surface area contributed by atoms with E-state index in [4.69, 9.17) is 46.4 Å². The summed E-state index contributed by atoms with van der Waals surface area (Å²) in [5.41, 5.74) is 3.72. The van der Waals surface area contributed by atoms with Gasteiger partial charge in [-0.1, -0.05) is 118 Å². The fourth-order valence-electron chi connectivity index (χ4n) is 4.25. The summed E-state index contributed by atoms with van der Waals surface area (Å²) in [7, 11) is 0. The van der Waals surface area contributed by atoms with Crippen molar-refractivity contribution in [2.45, 2.75) is 82.9 Å². The Bertz CT molecular complexity index is 1090. The van der Waals surface area contributed by atoms with E-state index in [2.05, 4.69) is 17.5 Å². The Labute approximate surface area is 245 Å². The first-order valence-electron chi connectivity index (χ1n) is 13.2. The SMILES string of the molecule is CCCCCCCCCCCC(Cl)C(=O)NN(C1=NN(c2c(Cl)cc(Cl)cc2Cl)C(=O)C1)c1ccccc1. The quantitative estimate of drug-likeness (QED) is 0.142. The Morgan fingerprint density at radius 2 is 1.55 bits per heavy atom. The number of amidine groups is 1. The largest absolute Gasteiger partial charge is 0.272 e. The van der Waals surface area contributed by atoms with Crippen LogP contribution < -0.4 is 15.4 Å². The van der Waals surface area contributed by atoms with Crippen LogP contribution in [-0.2, 0) is 9.59 Å². The topological polar surface area (TPSA) is 65.0 Å². The van der Waals surface area contributed by atoms with Crippen LogP contribution in [-0.4, -0.2) is 23.0 Å². The zero-order chi connectivity index (χ0) is 27.5. The number of carbonyl (C=O) groups excluding carboxylic acids is 2. The van der Waals surface area contributed by atoms with Crippen LogP contribution in [0.3, 0.4) is 0 Å². The van der Waals surface area contributed by atoms with Gasteiger partial charge in [0.1, 0.15) is 11.1 Å². The average Bonchev–Trinajstić information content (AvgIpc) is 3.26. The Balaban J connectivity index is 1.64. The number of amides is 2. The minimum atomic E-state index is -0.709.